The second-order valence-electron chi connectivity index (χ2n) is 5.33. The van der Waals surface area contributed by atoms with Crippen LogP contribution in [0.25, 0.3) is 0 Å². The van der Waals surface area contributed by atoms with Crippen LogP contribution in [-0.4, -0.2) is 37.0 Å². The summed E-state index contributed by atoms with van der Waals surface area (Å²) in [6, 6.07) is 0. The normalized spacial score (nSPS) is 28.7. The Balaban J connectivity index is 1.51. The fourth-order valence-corrected chi connectivity index (χ4v) is 2.93. The maximum Gasteiger partial charge on any atom is 0.0700 e. The van der Waals surface area contributed by atoms with Crippen LogP contribution in [0.4, 0.5) is 0 Å². The molecule has 1 saturated heterocycles. The van der Waals surface area contributed by atoms with E-state index in [4.69, 9.17) is 4.74 Å². The van der Waals surface area contributed by atoms with Gasteiger partial charge in [0.05, 0.1) is 12.2 Å². The molecule has 16 heavy (non-hydrogen) atoms. The van der Waals surface area contributed by atoms with E-state index < -0.39 is 0 Å². The molecule has 0 radical (unpaired) electrons. The summed E-state index contributed by atoms with van der Waals surface area (Å²) in [5, 5.41) is 13.2. The molecule has 0 spiro atoms. The molecule has 0 aromatic heterocycles. The number of aliphatic hydroxyl groups is 1. The molecular weight excluding hydrogens is 202 g/mol. The predicted octanol–water partition coefficient (Wildman–Crippen LogP) is 1.70. The van der Waals surface area contributed by atoms with E-state index in [9.17, 15) is 5.11 Å². The molecule has 1 aliphatic heterocycles. The first-order valence-corrected chi connectivity index (χ1v) is 6.85. The molecule has 0 amide bonds. The lowest BCUT2D eigenvalue weighted by atomic mass is 10.00. The number of aliphatic hydroxyl groups excluding tert-OH is 1. The third-order valence-electron chi connectivity index (χ3n) is 3.86. The first kappa shape index (κ1) is 12.3. The fourth-order valence-electron chi connectivity index (χ4n) is 2.93. The van der Waals surface area contributed by atoms with Crippen LogP contribution in [0.1, 0.15) is 44.9 Å². The summed E-state index contributed by atoms with van der Waals surface area (Å²) in [6.45, 7) is 2.55. The third kappa shape index (κ3) is 4.04. The van der Waals surface area contributed by atoms with Crippen molar-refractivity contribution in [2.75, 3.05) is 19.7 Å². The van der Waals surface area contributed by atoms with Gasteiger partial charge in [0.15, 0.2) is 0 Å². The summed E-state index contributed by atoms with van der Waals surface area (Å²) in [4.78, 5) is 0. The number of nitrogens with one attached hydrogen (secondary N) is 1. The van der Waals surface area contributed by atoms with E-state index in [1.165, 1.54) is 38.5 Å². The highest BCUT2D eigenvalue weighted by Gasteiger charge is 2.19. The lowest BCUT2D eigenvalue weighted by molar-refractivity contribution is 0.0991. The third-order valence-corrected chi connectivity index (χ3v) is 3.86. The van der Waals surface area contributed by atoms with Gasteiger partial charge in [-0.2, -0.15) is 0 Å². The molecule has 0 aromatic carbocycles. The predicted molar refractivity (Wildman–Crippen MR) is 64.4 cm³/mol. The van der Waals surface area contributed by atoms with Gasteiger partial charge in [0.1, 0.15) is 0 Å². The van der Waals surface area contributed by atoms with Gasteiger partial charge >= 0.3 is 0 Å². The van der Waals surface area contributed by atoms with Gasteiger partial charge in [-0.1, -0.05) is 25.7 Å². The van der Waals surface area contributed by atoms with Gasteiger partial charge in [-0.05, 0) is 25.2 Å². The lowest BCUT2D eigenvalue weighted by Gasteiger charge is -2.17. The summed E-state index contributed by atoms with van der Waals surface area (Å²) in [5.74, 6) is 0.777. The van der Waals surface area contributed by atoms with E-state index in [1.54, 1.807) is 0 Å². The van der Waals surface area contributed by atoms with E-state index >= 15 is 0 Å². The van der Waals surface area contributed by atoms with Crippen molar-refractivity contribution in [3.8, 4) is 0 Å². The molecular formula is C13H25NO2. The first-order valence-electron chi connectivity index (χ1n) is 6.85. The van der Waals surface area contributed by atoms with Crippen molar-refractivity contribution < 1.29 is 9.84 Å². The first-order chi connectivity index (χ1) is 7.84. The second kappa shape index (κ2) is 6.58. The van der Waals surface area contributed by atoms with Gasteiger partial charge < -0.3 is 15.2 Å². The smallest absolute Gasteiger partial charge is 0.0700 e. The summed E-state index contributed by atoms with van der Waals surface area (Å²) in [6.07, 6.45) is 8.94. The molecule has 94 valence electrons. The monoisotopic (exact) mass is 227 g/mol. The van der Waals surface area contributed by atoms with Crippen LogP contribution in [0.5, 0.6) is 0 Å². The molecule has 2 aliphatic rings. The van der Waals surface area contributed by atoms with Crippen molar-refractivity contribution in [1.82, 2.24) is 5.32 Å². The summed E-state index contributed by atoms with van der Waals surface area (Å²) in [7, 11) is 0. The van der Waals surface area contributed by atoms with Crippen LogP contribution in [-0.2, 0) is 4.74 Å². The van der Waals surface area contributed by atoms with Gasteiger partial charge in [-0.25, -0.2) is 0 Å². The van der Waals surface area contributed by atoms with Gasteiger partial charge in [-0.15, -0.1) is 0 Å². The van der Waals surface area contributed by atoms with Crippen LogP contribution in [0.3, 0.4) is 0 Å². The minimum atomic E-state index is -0.162. The van der Waals surface area contributed by atoms with E-state index in [2.05, 4.69) is 5.32 Å². The van der Waals surface area contributed by atoms with E-state index in [1.807, 2.05) is 0 Å². The Hall–Kier alpha value is -0.120. The van der Waals surface area contributed by atoms with Crippen LogP contribution >= 0.6 is 0 Å². The number of ether oxygens (including phenoxy) is 1. The zero-order chi connectivity index (χ0) is 11.2. The quantitative estimate of drug-likeness (QED) is 0.725. The topological polar surface area (TPSA) is 41.5 Å². The number of hydrogen-bond acceptors (Lipinski definition) is 3. The standard InChI is InChI=1S/C13H25NO2/c15-12(8-11-4-1-2-5-11)9-14-10-13-6-3-7-16-13/h11-15H,1-10H2. The van der Waals surface area contributed by atoms with Gasteiger partial charge in [-0.3, -0.25) is 0 Å². The maximum atomic E-state index is 9.88. The van der Waals surface area contributed by atoms with Crippen molar-refractivity contribution in [2.24, 2.45) is 5.92 Å². The molecule has 2 atom stereocenters. The van der Waals surface area contributed by atoms with E-state index in [-0.39, 0.29) is 6.10 Å². The molecule has 1 heterocycles. The lowest BCUT2D eigenvalue weighted by Crippen LogP contribution is -2.33. The summed E-state index contributed by atoms with van der Waals surface area (Å²) >= 11 is 0. The van der Waals surface area contributed by atoms with Crippen molar-refractivity contribution >= 4 is 0 Å². The van der Waals surface area contributed by atoms with Crippen LogP contribution in [0, 0.1) is 5.92 Å². The average molecular weight is 227 g/mol. The number of rotatable bonds is 6. The molecule has 2 unspecified atom stereocenters. The van der Waals surface area contributed by atoms with E-state index in [0.717, 1.165) is 32.0 Å². The molecule has 3 heteroatoms. The van der Waals surface area contributed by atoms with Crippen molar-refractivity contribution in [3.63, 3.8) is 0 Å². The van der Waals surface area contributed by atoms with Crippen LogP contribution in [0.15, 0.2) is 0 Å². The Morgan fingerprint density at radius 1 is 1.19 bits per heavy atom. The molecule has 2 rings (SSSR count). The molecule has 3 nitrogen and oxygen atoms in total. The molecule has 1 saturated carbocycles. The Labute approximate surface area is 98.6 Å². The largest absolute Gasteiger partial charge is 0.392 e. The second-order valence-corrected chi connectivity index (χ2v) is 5.33. The Morgan fingerprint density at radius 2 is 2.00 bits per heavy atom. The summed E-state index contributed by atoms with van der Waals surface area (Å²) < 4.78 is 5.52. The van der Waals surface area contributed by atoms with Crippen LogP contribution < -0.4 is 5.32 Å². The fraction of sp³-hybridized carbons (Fsp3) is 1.00. The molecule has 2 N–H and O–H groups in total. The van der Waals surface area contributed by atoms with Crippen LogP contribution in [0.2, 0.25) is 0 Å². The zero-order valence-corrected chi connectivity index (χ0v) is 10.2. The van der Waals surface area contributed by atoms with Gasteiger partial charge in [0, 0.05) is 19.7 Å². The maximum absolute atomic E-state index is 9.88. The molecule has 0 bridgehead atoms. The highest BCUT2D eigenvalue weighted by molar-refractivity contribution is 4.73. The van der Waals surface area contributed by atoms with E-state index in [0.29, 0.717) is 6.10 Å². The minimum absolute atomic E-state index is 0.162. The SMILES string of the molecule is OC(CNCC1CCCO1)CC1CCCC1. The molecule has 2 fully saturated rings. The van der Waals surface area contributed by atoms with Crippen molar-refractivity contribution in [1.29, 1.82) is 0 Å². The molecule has 0 aromatic rings. The summed E-state index contributed by atoms with van der Waals surface area (Å²) in [5.41, 5.74) is 0. The van der Waals surface area contributed by atoms with Crippen molar-refractivity contribution in [3.05, 3.63) is 0 Å². The highest BCUT2D eigenvalue weighted by Crippen LogP contribution is 2.28. The Kier molecular flexibility index (Phi) is 5.07. The highest BCUT2D eigenvalue weighted by atomic mass is 16.5. The van der Waals surface area contributed by atoms with Crippen molar-refractivity contribution in [2.45, 2.75) is 57.2 Å². The van der Waals surface area contributed by atoms with Gasteiger partial charge in [0.25, 0.3) is 0 Å². The Morgan fingerprint density at radius 3 is 2.69 bits per heavy atom. The average Bonchev–Trinajstić information content (AvgIpc) is 2.90. The minimum Gasteiger partial charge on any atom is -0.392 e. The number of hydrogen-bond donors (Lipinski definition) is 2. The molecule has 1 aliphatic carbocycles. The Bertz CT molecular complexity index is 186. The van der Waals surface area contributed by atoms with Gasteiger partial charge in [0.2, 0.25) is 0 Å². The zero-order valence-electron chi connectivity index (χ0n) is 10.2.